The second-order valence-electron chi connectivity index (χ2n) is 8.56. The Bertz CT molecular complexity index is 1200. The second-order valence-corrected chi connectivity index (χ2v) is 9.64. The lowest BCUT2D eigenvalue weighted by Crippen LogP contribution is -2.15. The maximum absolute atomic E-state index is 5.28. The molecule has 32 heavy (non-hydrogen) atoms. The highest BCUT2D eigenvalue weighted by atomic mass is 32.1. The van der Waals surface area contributed by atoms with Crippen LogP contribution in [0, 0.1) is 5.92 Å². The molecule has 0 fully saturated rings. The van der Waals surface area contributed by atoms with Gasteiger partial charge in [0.05, 0.1) is 12.5 Å². The van der Waals surface area contributed by atoms with Gasteiger partial charge in [0.15, 0.2) is 5.82 Å². The number of hydrogen-bond acceptors (Lipinski definition) is 6. The van der Waals surface area contributed by atoms with E-state index in [4.69, 9.17) is 14.7 Å². The van der Waals surface area contributed by atoms with E-state index in [1.807, 2.05) is 35.6 Å². The molecule has 1 aliphatic carbocycles. The molecule has 1 atom stereocenters. The number of anilines is 1. The van der Waals surface area contributed by atoms with Gasteiger partial charge in [0.2, 0.25) is 0 Å². The molecule has 0 bridgehead atoms. The fourth-order valence-electron chi connectivity index (χ4n) is 4.42. The number of aryl methyl sites for hydroxylation is 2. The van der Waals surface area contributed by atoms with Crippen molar-refractivity contribution in [3.8, 4) is 17.1 Å². The van der Waals surface area contributed by atoms with E-state index in [1.54, 1.807) is 19.5 Å². The molecule has 0 radical (unpaired) electrons. The molecule has 1 N–H and O–H groups in total. The topological polar surface area (TPSA) is 59.9 Å². The van der Waals surface area contributed by atoms with Gasteiger partial charge in [0, 0.05) is 29.4 Å². The van der Waals surface area contributed by atoms with Gasteiger partial charge < -0.3 is 10.1 Å². The Hall–Kier alpha value is -2.99. The molecule has 4 aromatic rings. The van der Waals surface area contributed by atoms with Gasteiger partial charge in [-0.3, -0.25) is 4.98 Å². The summed E-state index contributed by atoms with van der Waals surface area (Å²) in [6.07, 6.45) is 9.41. The Kier molecular flexibility index (Phi) is 6.04. The monoisotopic (exact) mass is 444 g/mol. The maximum Gasteiger partial charge on any atom is 0.163 e. The average molecular weight is 445 g/mol. The summed E-state index contributed by atoms with van der Waals surface area (Å²) < 4.78 is 5.28. The van der Waals surface area contributed by atoms with Crippen LogP contribution in [0.4, 0.5) is 5.82 Å². The molecule has 0 saturated heterocycles. The molecule has 0 saturated carbocycles. The number of nitrogens with zero attached hydrogens (tertiary/aromatic N) is 3. The predicted molar refractivity (Wildman–Crippen MR) is 132 cm³/mol. The summed E-state index contributed by atoms with van der Waals surface area (Å²) in [6, 6.07) is 12.3. The van der Waals surface area contributed by atoms with E-state index < -0.39 is 0 Å². The van der Waals surface area contributed by atoms with Crippen molar-refractivity contribution in [2.24, 2.45) is 5.92 Å². The molecule has 3 aromatic heterocycles. The van der Waals surface area contributed by atoms with Gasteiger partial charge in [-0.1, -0.05) is 19.1 Å². The standard InChI is InChI=1S/C26H28N4OS/c1-17(15-18-7-9-20(31-2)10-8-18)16-28-25-23-21-5-3-4-6-22(21)32-26(23)30-24(29-25)19-11-13-27-14-12-19/h7-14,17H,3-6,15-16H2,1-2H3,(H,28,29,30). The van der Waals surface area contributed by atoms with Gasteiger partial charge in [-0.05, 0) is 73.4 Å². The van der Waals surface area contributed by atoms with Crippen LogP contribution in [-0.2, 0) is 19.3 Å². The van der Waals surface area contributed by atoms with Crippen molar-refractivity contribution in [3.63, 3.8) is 0 Å². The second kappa shape index (κ2) is 9.25. The Morgan fingerprint density at radius 3 is 2.59 bits per heavy atom. The summed E-state index contributed by atoms with van der Waals surface area (Å²) in [4.78, 5) is 16.7. The van der Waals surface area contributed by atoms with Crippen LogP contribution in [0.1, 0.15) is 35.8 Å². The average Bonchev–Trinajstić information content (AvgIpc) is 3.22. The molecule has 0 amide bonds. The van der Waals surface area contributed by atoms with E-state index in [2.05, 4.69) is 29.4 Å². The molecule has 1 unspecified atom stereocenters. The summed E-state index contributed by atoms with van der Waals surface area (Å²) in [5.41, 5.74) is 3.78. The van der Waals surface area contributed by atoms with E-state index >= 15 is 0 Å². The maximum atomic E-state index is 5.28. The molecule has 164 valence electrons. The normalized spacial score (nSPS) is 14.2. The smallest absolute Gasteiger partial charge is 0.163 e. The number of thiophene rings is 1. The third-order valence-corrected chi connectivity index (χ3v) is 7.30. The van der Waals surface area contributed by atoms with E-state index in [0.717, 1.165) is 53.6 Å². The minimum absolute atomic E-state index is 0.465. The SMILES string of the molecule is COc1ccc(CC(C)CNc2nc(-c3ccncc3)nc3sc4c(c23)CCCC4)cc1. The molecule has 3 heterocycles. The van der Waals surface area contributed by atoms with Crippen LogP contribution in [0.3, 0.4) is 0 Å². The largest absolute Gasteiger partial charge is 0.497 e. The number of rotatable bonds is 7. The summed E-state index contributed by atoms with van der Waals surface area (Å²) in [6.45, 7) is 3.14. The molecule has 0 spiro atoms. The van der Waals surface area contributed by atoms with E-state index in [0.29, 0.717) is 5.92 Å². The minimum atomic E-state index is 0.465. The van der Waals surface area contributed by atoms with Crippen molar-refractivity contribution >= 4 is 27.4 Å². The number of aromatic nitrogens is 3. The van der Waals surface area contributed by atoms with Crippen LogP contribution in [0.15, 0.2) is 48.8 Å². The first kappa shape index (κ1) is 20.9. The number of nitrogens with one attached hydrogen (secondary N) is 1. The fourth-order valence-corrected chi connectivity index (χ4v) is 5.68. The van der Waals surface area contributed by atoms with Crippen molar-refractivity contribution in [2.75, 3.05) is 19.0 Å². The minimum Gasteiger partial charge on any atom is -0.497 e. The first-order chi connectivity index (χ1) is 15.7. The van der Waals surface area contributed by atoms with Crippen molar-refractivity contribution in [3.05, 3.63) is 64.8 Å². The molecular formula is C26H28N4OS. The van der Waals surface area contributed by atoms with Gasteiger partial charge in [-0.2, -0.15) is 0 Å². The predicted octanol–water partition coefficient (Wildman–Crippen LogP) is 5.93. The van der Waals surface area contributed by atoms with Crippen molar-refractivity contribution in [2.45, 2.75) is 39.0 Å². The summed E-state index contributed by atoms with van der Waals surface area (Å²) in [5, 5.41) is 4.93. The third kappa shape index (κ3) is 4.32. The van der Waals surface area contributed by atoms with Crippen LogP contribution < -0.4 is 10.1 Å². The van der Waals surface area contributed by atoms with Crippen molar-refractivity contribution < 1.29 is 4.74 Å². The fraction of sp³-hybridized carbons (Fsp3) is 0.346. The third-order valence-electron chi connectivity index (χ3n) is 6.11. The lowest BCUT2D eigenvalue weighted by atomic mass is 9.96. The van der Waals surface area contributed by atoms with E-state index in [9.17, 15) is 0 Å². The zero-order valence-electron chi connectivity index (χ0n) is 18.6. The Morgan fingerprint density at radius 1 is 1.03 bits per heavy atom. The first-order valence-electron chi connectivity index (χ1n) is 11.3. The summed E-state index contributed by atoms with van der Waals surface area (Å²) >= 11 is 1.84. The number of ether oxygens (including phenoxy) is 1. The van der Waals surface area contributed by atoms with Gasteiger partial charge in [-0.25, -0.2) is 9.97 Å². The van der Waals surface area contributed by atoms with E-state index in [1.165, 1.54) is 34.2 Å². The molecule has 1 aliphatic rings. The lowest BCUT2D eigenvalue weighted by molar-refractivity contribution is 0.414. The molecule has 1 aromatic carbocycles. The summed E-state index contributed by atoms with van der Waals surface area (Å²) in [5.74, 6) is 3.10. The van der Waals surface area contributed by atoms with E-state index in [-0.39, 0.29) is 0 Å². The van der Waals surface area contributed by atoms with Crippen molar-refractivity contribution in [1.29, 1.82) is 0 Å². The van der Waals surface area contributed by atoms with Crippen LogP contribution in [0.25, 0.3) is 21.6 Å². The molecule has 0 aliphatic heterocycles. The molecular weight excluding hydrogens is 416 g/mol. The lowest BCUT2D eigenvalue weighted by Gasteiger charge is -2.16. The first-order valence-corrected chi connectivity index (χ1v) is 12.1. The van der Waals surface area contributed by atoms with Crippen LogP contribution >= 0.6 is 11.3 Å². The Balaban J connectivity index is 1.42. The van der Waals surface area contributed by atoms with Gasteiger partial charge in [0.25, 0.3) is 0 Å². The quantitative estimate of drug-likeness (QED) is 0.383. The number of hydrogen-bond donors (Lipinski definition) is 1. The van der Waals surface area contributed by atoms with Crippen LogP contribution in [0.5, 0.6) is 5.75 Å². The zero-order chi connectivity index (χ0) is 21.9. The highest BCUT2D eigenvalue weighted by molar-refractivity contribution is 7.19. The van der Waals surface area contributed by atoms with Crippen LogP contribution in [0.2, 0.25) is 0 Å². The van der Waals surface area contributed by atoms with Gasteiger partial charge in [-0.15, -0.1) is 11.3 Å². The van der Waals surface area contributed by atoms with Crippen molar-refractivity contribution in [1.82, 2.24) is 15.0 Å². The molecule has 6 heteroatoms. The van der Waals surface area contributed by atoms with Crippen LogP contribution in [-0.4, -0.2) is 28.6 Å². The summed E-state index contributed by atoms with van der Waals surface area (Å²) in [7, 11) is 1.70. The van der Waals surface area contributed by atoms with Gasteiger partial charge >= 0.3 is 0 Å². The number of methoxy groups -OCH3 is 1. The highest BCUT2D eigenvalue weighted by Crippen LogP contribution is 2.39. The van der Waals surface area contributed by atoms with Gasteiger partial charge in [0.1, 0.15) is 16.4 Å². The highest BCUT2D eigenvalue weighted by Gasteiger charge is 2.22. The Labute approximate surface area is 192 Å². The Morgan fingerprint density at radius 2 is 1.81 bits per heavy atom. The number of benzene rings is 1. The number of pyridine rings is 1. The zero-order valence-corrected chi connectivity index (χ0v) is 19.4. The molecule has 5 rings (SSSR count). The molecule has 5 nitrogen and oxygen atoms in total. The number of fused-ring (bicyclic) bond motifs is 3.